The van der Waals surface area contributed by atoms with Crippen molar-refractivity contribution in [3.8, 4) is 6.07 Å². The van der Waals surface area contributed by atoms with Gasteiger partial charge in [-0.05, 0) is 46.3 Å². The van der Waals surface area contributed by atoms with Crippen LogP contribution in [-0.2, 0) is 4.79 Å². The number of nitrogens with one attached hydrogen (secondary N) is 1. The van der Waals surface area contributed by atoms with Crippen LogP contribution >= 0.6 is 27.3 Å². The number of nitriles is 1. The number of carbonyl (C=O) groups excluding carboxylic acids is 1. The minimum atomic E-state index is -1.09. The molecule has 2 aromatic rings. The summed E-state index contributed by atoms with van der Waals surface area (Å²) < 4.78 is 0.871. The fourth-order valence-corrected chi connectivity index (χ4v) is 3.00. The van der Waals surface area contributed by atoms with E-state index in [1.165, 1.54) is 35.6 Å². The van der Waals surface area contributed by atoms with Crippen LogP contribution in [0.3, 0.4) is 0 Å². The molecule has 0 aliphatic rings. The number of carbonyl (C=O) groups is 2. The number of rotatable bonds is 4. The lowest BCUT2D eigenvalue weighted by Gasteiger charge is -2.05. The van der Waals surface area contributed by atoms with E-state index in [2.05, 4.69) is 21.2 Å². The fourth-order valence-electron chi connectivity index (χ4n) is 1.62. The molecule has 2 rings (SSSR count). The third-order valence-electron chi connectivity index (χ3n) is 2.61. The maximum atomic E-state index is 12.1. The summed E-state index contributed by atoms with van der Waals surface area (Å²) in [7, 11) is 0. The quantitative estimate of drug-likeness (QED) is 0.627. The highest BCUT2D eigenvalue weighted by molar-refractivity contribution is 9.10. The van der Waals surface area contributed by atoms with Crippen molar-refractivity contribution in [2.45, 2.75) is 0 Å². The summed E-state index contributed by atoms with van der Waals surface area (Å²) in [5.74, 6) is -1.68. The Kier molecular flexibility index (Phi) is 5.09. The topological polar surface area (TPSA) is 90.2 Å². The second kappa shape index (κ2) is 7.02. The Morgan fingerprint density at radius 3 is 2.73 bits per heavy atom. The first-order valence-electron chi connectivity index (χ1n) is 6.00. The van der Waals surface area contributed by atoms with E-state index >= 15 is 0 Å². The van der Waals surface area contributed by atoms with Gasteiger partial charge in [0.1, 0.15) is 11.6 Å². The molecule has 0 spiro atoms. The number of benzene rings is 1. The van der Waals surface area contributed by atoms with E-state index in [1.54, 1.807) is 12.1 Å². The summed E-state index contributed by atoms with van der Waals surface area (Å²) in [4.78, 5) is 23.7. The third-order valence-corrected chi connectivity index (χ3v) is 4.25. The molecule has 7 heteroatoms. The molecular formula is C15H9BrN2O3S. The van der Waals surface area contributed by atoms with Gasteiger partial charge in [-0.1, -0.05) is 6.07 Å². The van der Waals surface area contributed by atoms with E-state index < -0.39 is 11.9 Å². The molecule has 2 N–H and O–H groups in total. The van der Waals surface area contributed by atoms with Crippen molar-refractivity contribution in [1.29, 1.82) is 5.26 Å². The van der Waals surface area contributed by atoms with Gasteiger partial charge in [-0.3, -0.25) is 4.79 Å². The summed E-state index contributed by atoms with van der Waals surface area (Å²) in [6, 6.07) is 9.46. The number of hydrogen-bond acceptors (Lipinski definition) is 4. The van der Waals surface area contributed by atoms with E-state index in [0.717, 1.165) is 9.35 Å². The summed E-state index contributed by atoms with van der Waals surface area (Å²) in [6.45, 7) is 0. The van der Waals surface area contributed by atoms with E-state index in [-0.39, 0.29) is 11.1 Å². The molecule has 0 unspecified atom stereocenters. The fraction of sp³-hybridized carbons (Fsp3) is 0. The molecule has 1 aromatic carbocycles. The van der Waals surface area contributed by atoms with Crippen molar-refractivity contribution >= 4 is 50.9 Å². The van der Waals surface area contributed by atoms with Gasteiger partial charge in [0.15, 0.2) is 0 Å². The summed E-state index contributed by atoms with van der Waals surface area (Å²) in [6.07, 6.45) is 1.48. The third kappa shape index (κ3) is 4.04. The van der Waals surface area contributed by atoms with Crippen molar-refractivity contribution in [3.05, 3.63) is 56.2 Å². The standard InChI is InChI=1S/C15H9BrN2O3S/c16-11-6-13(22-8-11)5-10(7-17)14(19)18-12-3-1-2-9(4-12)15(20)21/h1-6,8H,(H,18,19)(H,20,21)/b10-5-. The van der Waals surface area contributed by atoms with Gasteiger partial charge in [-0.25, -0.2) is 4.79 Å². The normalized spacial score (nSPS) is 10.8. The molecule has 0 aliphatic heterocycles. The largest absolute Gasteiger partial charge is 0.478 e. The van der Waals surface area contributed by atoms with Crippen LogP contribution in [0.15, 0.2) is 45.8 Å². The highest BCUT2D eigenvalue weighted by atomic mass is 79.9. The highest BCUT2D eigenvalue weighted by Crippen LogP contribution is 2.22. The molecular weight excluding hydrogens is 368 g/mol. The molecule has 22 heavy (non-hydrogen) atoms. The SMILES string of the molecule is N#C/C(=C/c1cc(Br)cs1)C(=O)Nc1cccc(C(=O)O)c1. The Morgan fingerprint density at radius 1 is 1.36 bits per heavy atom. The zero-order chi connectivity index (χ0) is 16.1. The van der Waals surface area contributed by atoms with Gasteiger partial charge in [0.05, 0.1) is 5.56 Å². The maximum absolute atomic E-state index is 12.1. The number of aromatic carboxylic acids is 1. The minimum Gasteiger partial charge on any atom is -0.478 e. The minimum absolute atomic E-state index is 0.0578. The average molecular weight is 377 g/mol. The van der Waals surface area contributed by atoms with Crippen LogP contribution in [-0.4, -0.2) is 17.0 Å². The van der Waals surface area contributed by atoms with Crippen LogP contribution in [0.1, 0.15) is 15.2 Å². The molecule has 0 aliphatic carbocycles. The first-order chi connectivity index (χ1) is 10.5. The van der Waals surface area contributed by atoms with E-state index in [1.807, 2.05) is 11.4 Å². The van der Waals surface area contributed by atoms with Crippen molar-refractivity contribution in [1.82, 2.24) is 0 Å². The number of carboxylic acid groups (broad SMARTS) is 1. The Hall–Kier alpha value is -2.43. The molecule has 0 fully saturated rings. The van der Waals surface area contributed by atoms with Gasteiger partial charge in [-0.15, -0.1) is 11.3 Å². The summed E-state index contributed by atoms with van der Waals surface area (Å²) in [5, 5.41) is 22.4. The smallest absolute Gasteiger partial charge is 0.335 e. The van der Waals surface area contributed by atoms with Gasteiger partial charge in [0.2, 0.25) is 0 Å². The van der Waals surface area contributed by atoms with Crippen LogP contribution < -0.4 is 5.32 Å². The molecule has 1 aromatic heterocycles. The van der Waals surface area contributed by atoms with Crippen molar-refractivity contribution < 1.29 is 14.7 Å². The predicted molar refractivity (Wildman–Crippen MR) is 87.6 cm³/mol. The second-order valence-corrected chi connectivity index (χ2v) is 6.04. The molecule has 1 amide bonds. The second-order valence-electron chi connectivity index (χ2n) is 4.18. The molecule has 0 saturated carbocycles. The maximum Gasteiger partial charge on any atom is 0.335 e. The number of halogens is 1. The van der Waals surface area contributed by atoms with E-state index in [9.17, 15) is 9.59 Å². The van der Waals surface area contributed by atoms with Gasteiger partial charge >= 0.3 is 5.97 Å². The van der Waals surface area contributed by atoms with Crippen molar-refractivity contribution in [2.24, 2.45) is 0 Å². The highest BCUT2D eigenvalue weighted by Gasteiger charge is 2.11. The van der Waals surface area contributed by atoms with E-state index in [0.29, 0.717) is 5.69 Å². The molecule has 0 radical (unpaired) electrons. The summed E-state index contributed by atoms with van der Waals surface area (Å²) >= 11 is 4.69. The van der Waals surface area contributed by atoms with Gasteiger partial charge in [-0.2, -0.15) is 5.26 Å². The van der Waals surface area contributed by atoms with Crippen LogP contribution in [0.5, 0.6) is 0 Å². The monoisotopic (exact) mass is 376 g/mol. The lowest BCUT2D eigenvalue weighted by atomic mass is 10.2. The van der Waals surface area contributed by atoms with Gasteiger partial charge in [0.25, 0.3) is 5.91 Å². The molecule has 0 saturated heterocycles. The Morgan fingerprint density at radius 2 is 2.14 bits per heavy atom. The molecule has 1 heterocycles. The number of anilines is 1. The van der Waals surface area contributed by atoms with Gasteiger partial charge in [0, 0.05) is 20.4 Å². The van der Waals surface area contributed by atoms with Crippen LogP contribution in [0.25, 0.3) is 6.08 Å². The van der Waals surface area contributed by atoms with Crippen molar-refractivity contribution in [2.75, 3.05) is 5.32 Å². The lowest BCUT2D eigenvalue weighted by Crippen LogP contribution is -2.13. The predicted octanol–water partition coefficient (Wildman–Crippen LogP) is 3.75. The van der Waals surface area contributed by atoms with Crippen molar-refractivity contribution in [3.63, 3.8) is 0 Å². The molecule has 0 bridgehead atoms. The van der Waals surface area contributed by atoms with Crippen LogP contribution in [0.2, 0.25) is 0 Å². The van der Waals surface area contributed by atoms with Crippen LogP contribution in [0.4, 0.5) is 5.69 Å². The Labute approximate surface area is 138 Å². The van der Waals surface area contributed by atoms with Crippen LogP contribution in [0, 0.1) is 11.3 Å². The van der Waals surface area contributed by atoms with Gasteiger partial charge < -0.3 is 10.4 Å². The molecule has 110 valence electrons. The van der Waals surface area contributed by atoms with E-state index in [4.69, 9.17) is 10.4 Å². The Bertz CT molecular complexity index is 805. The zero-order valence-electron chi connectivity index (χ0n) is 11.0. The summed E-state index contributed by atoms with van der Waals surface area (Å²) in [5.41, 5.74) is 0.316. The lowest BCUT2D eigenvalue weighted by molar-refractivity contribution is -0.112. The first-order valence-corrected chi connectivity index (χ1v) is 7.67. The molecule has 5 nitrogen and oxygen atoms in total. The number of amides is 1. The molecule has 0 atom stereocenters. The first kappa shape index (κ1) is 15.9. The number of carboxylic acids is 1. The average Bonchev–Trinajstić information content (AvgIpc) is 2.90. The zero-order valence-corrected chi connectivity index (χ0v) is 13.4. The number of hydrogen-bond donors (Lipinski definition) is 2. The number of thiophene rings is 1. The number of nitrogens with zero attached hydrogens (tertiary/aromatic N) is 1. The Balaban J connectivity index is 2.20.